The molecule has 0 fully saturated rings. The lowest BCUT2D eigenvalue weighted by atomic mass is 10.1. The molecule has 3 rings (SSSR count). The van der Waals surface area contributed by atoms with Gasteiger partial charge in [-0.3, -0.25) is 0 Å². The predicted octanol–water partition coefficient (Wildman–Crippen LogP) is 2.54. The average Bonchev–Trinajstić information content (AvgIpc) is 3.06. The van der Waals surface area contributed by atoms with Gasteiger partial charge in [0.1, 0.15) is 11.9 Å². The highest BCUT2D eigenvalue weighted by molar-refractivity contribution is 7.89. The number of hydrogen-bond acceptors (Lipinski definition) is 4. The van der Waals surface area contributed by atoms with E-state index in [1.165, 1.54) is 12.1 Å². The van der Waals surface area contributed by atoms with Crippen LogP contribution in [0, 0.1) is 0 Å². The van der Waals surface area contributed by atoms with Gasteiger partial charge < -0.3 is 9.67 Å². The molecule has 0 amide bonds. The maximum Gasteiger partial charge on any atom is 0.241 e. The van der Waals surface area contributed by atoms with Crippen LogP contribution in [0.5, 0.6) is 0 Å². The summed E-state index contributed by atoms with van der Waals surface area (Å²) >= 11 is 0. The van der Waals surface area contributed by atoms with Gasteiger partial charge in [0.15, 0.2) is 0 Å². The van der Waals surface area contributed by atoms with E-state index < -0.39 is 22.2 Å². The summed E-state index contributed by atoms with van der Waals surface area (Å²) in [5, 5.41) is 9.59. The Morgan fingerprint density at radius 3 is 2.23 bits per heavy atom. The number of benzene rings is 2. The second-order valence-electron chi connectivity index (χ2n) is 6.11. The summed E-state index contributed by atoms with van der Waals surface area (Å²) < 4.78 is 30.3. The molecular weight excluding hydrogens is 350 g/mol. The summed E-state index contributed by atoms with van der Waals surface area (Å²) in [7, 11) is -1.95. The average molecular weight is 371 g/mol. The molecule has 1 heterocycles. The van der Waals surface area contributed by atoms with Crippen molar-refractivity contribution in [1.82, 2.24) is 14.3 Å². The maximum atomic E-state index is 12.9. The van der Waals surface area contributed by atoms with Crippen LogP contribution in [0.4, 0.5) is 0 Å². The molecule has 0 aliphatic heterocycles. The lowest BCUT2D eigenvalue weighted by molar-refractivity contribution is 0.199. The lowest BCUT2D eigenvalue weighted by Crippen LogP contribution is -2.31. The van der Waals surface area contributed by atoms with Gasteiger partial charge in [-0.15, -0.1) is 0 Å². The van der Waals surface area contributed by atoms with E-state index in [1.807, 2.05) is 37.4 Å². The molecular formula is C19H21N3O3S. The Bertz CT molecular complexity index is 965. The topological polar surface area (TPSA) is 84.2 Å². The van der Waals surface area contributed by atoms with E-state index in [1.54, 1.807) is 36.0 Å². The highest BCUT2D eigenvalue weighted by Crippen LogP contribution is 2.24. The van der Waals surface area contributed by atoms with Gasteiger partial charge in [0.2, 0.25) is 10.0 Å². The number of hydrogen-bond donors (Lipinski definition) is 2. The van der Waals surface area contributed by atoms with Gasteiger partial charge in [-0.25, -0.2) is 13.4 Å². The van der Waals surface area contributed by atoms with E-state index >= 15 is 0 Å². The molecule has 0 radical (unpaired) electrons. The van der Waals surface area contributed by atoms with Crippen LogP contribution >= 0.6 is 0 Å². The van der Waals surface area contributed by atoms with Crippen LogP contribution < -0.4 is 4.72 Å². The number of imidazole rings is 1. The molecule has 1 aromatic heterocycles. The molecule has 0 aliphatic rings. The van der Waals surface area contributed by atoms with Gasteiger partial charge in [0.05, 0.1) is 11.0 Å². The SMILES string of the molecule is C[C@@H](O)c1ccc(S(=O)(=O)N[C@H](c2ccccc2)c2nccn2C)cc1. The van der Waals surface area contributed by atoms with Crippen LogP contribution in [0.2, 0.25) is 0 Å². The number of aliphatic hydroxyl groups is 1. The molecule has 7 heteroatoms. The first-order valence-electron chi connectivity index (χ1n) is 8.21. The van der Waals surface area contributed by atoms with Gasteiger partial charge in [-0.05, 0) is 30.2 Å². The van der Waals surface area contributed by atoms with Crippen molar-refractivity contribution >= 4 is 10.0 Å². The van der Waals surface area contributed by atoms with Crippen molar-refractivity contribution in [3.8, 4) is 0 Å². The number of aliphatic hydroxyl groups excluding tert-OH is 1. The first-order valence-corrected chi connectivity index (χ1v) is 9.69. The monoisotopic (exact) mass is 371 g/mol. The van der Waals surface area contributed by atoms with Crippen molar-refractivity contribution in [1.29, 1.82) is 0 Å². The Balaban J connectivity index is 1.97. The fraction of sp³-hybridized carbons (Fsp3) is 0.211. The minimum Gasteiger partial charge on any atom is -0.389 e. The predicted molar refractivity (Wildman–Crippen MR) is 98.9 cm³/mol. The molecule has 0 bridgehead atoms. The maximum absolute atomic E-state index is 12.9. The number of rotatable bonds is 6. The zero-order valence-electron chi connectivity index (χ0n) is 14.6. The van der Waals surface area contributed by atoms with E-state index in [4.69, 9.17) is 0 Å². The molecule has 0 saturated carbocycles. The molecule has 0 unspecified atom stereocenters. The molecule has 0 aliphatic carbocycles. The van der Waals surface area contributed by atoms with Crippen molar-refractivity contribution < 1.29 is 13.5 Å². The third kappa shape index (κ3) is 3.85. The minimum absolute atomic E-state index is 0.136. The Labute approximate surface area is 153 Å². The zero-order valence-corrected chi connectivity index (χ0v) is 15.4. The van der Waals surface area contributed by atoms with Crippen LogP contribution in [0.15, 0.2) is 71.9 Å². The van der Waals surface area contributed by atoms with Crippen molar-refractivity contribution in [3.05, 3.63) is 83.9 Å². The smallest absolute Gasteiger partial charge is 0.241 e. The molecule has 2 N–H and O–H groups in total. The van der Waals surface area contributed by atoms with Crippen LogP contribution in [-0.4, -0.2) is 23.1 Å². The van der Waals surface area contributed by atoms with E-state index in [-0.39, 0.29) is 4.90 Å². The molecule has 136 valence electrons. The second kappa shape index (κ2) is 7.41. The molecule has 3 aromatic rings. The van der Waals surface area contributed by atoms with Gasteiger partial charge in [-0.1, -0.05) is 42.5 Å². The minimum atomic E-state index is -3.78. The summed E-state index contributed by atoms with van der Waals surface area (Å²) in [6.07, 6.45) is 2.76. The third-order valence-corrected chi connectivity index (χ3v) is 5.63. The van der Waals surface area contributed by atoms with E-state index in [0.29, 0.717) is 11.4 Å². The largest absolute Gasteiger partial charge is 0.389 e. The normalized spacial score (nSPS) is 14.1. The molecule has 0 spiro atoms. The summed E-state index contributed by atoms with van der Waals surface area (Å²) in [6, 6.07) is 14.9. The van der Waals surface area contributed by atoms with Crippen molar-refractivity contribution in [2.75, 3.05) is 0 Å². The first-order chi connectivity index (χ1) is 12.4. The first kappa shape index (κ1) is 18.3. The quantitative estimate of drug-likeness (QED) is 0.697. The fourth-order valence-corrected chi connectivity index (χ4v) is 3.90. The number of sulfonamides is 1. The summed E-state index contributed by atoms with van der Waals surface area (Å²) in [5.41, 5.74) is 1.46. The fourth-order valence-electron chi connectivity index (χ4n) is 2.72. The Hall–Kier alpha value is -2.48. The van der Waals surface area contributed by atoms with Gasteiger partial charge in [0, 0.05) is 19.4 Å². The standard InChI is InChI=1S/C19H21N3O3S/c1-14(23)15-8-10-17(11-9-15)26(24,25)21-18(16-6-4-3-5-7-16)19-20-12-13-22(19)2/h3-14,18,21,23H,1-2H3/t14-,18-/m1/s1. The van der Waals surface area contributed by atoms with E-state index in [9.17, 15) is 13.5 Å². The molecule has 2 atom stereocenters. The summed E-state index contributed by atoms with van der Waals surface area (Å²) in [5.74, 6) is 0.598. The highest BCUT2D eigenvalue weighted by Gasteiger charge is 2.25. The number of nitrogens with zero attached hydrogens (tertiary/aromatic N) is 2. The van der Waals surface area contributed by atoms with Crippen molar-refractivity contribution in [3.63, 3.8) is 0 Å². The lowest BCUT2D eigenvalue weighted by Gasteiger charge is -2.19. The second-order valence-corrected chi connectivity index (χ2v) is 7.82. The third-order valence-electron chi connectivity index (χ3n) is 4.20. The molecule has 26 heavy (non-hydrogen) atoms. The Morgan fingerprint density at radius 2 is 1.69 bits per heavy atom. The van der Waals surface area contributed by atoms with Gasteiger partial charge in [0.25, 0.3) is 0 Å². The van der Waals surface area contributed by atoms with Crippen LogP contribution in [-0.2, 0) is 17.1 Å². The van der Waals surface area contributed by atoms with Crippen LogP contribution in [0.1, 0.15) is 36.0 Å². The molecule has 6 nitrogen and oxygen atoms in total. The Kier molecular flexibility index (Phi) is 5.22. The van der Waals surface area contributed by atoms with Crippen molar-refractivity contribution in [2.45, 2.75) is 24.0 Å². The highest BCUT2D eigenvalue weighted by atomic mass is 32.2. The van der Waals surface area contributed by atoms with Crippen LogP contribution in [0.25, 0.3) is 0 Å². The molecule has 2 aromatic carbocycles. The number of nitrogens with one attached hydrogen (secondary N) is 1. The van der Waals surface area contributed by atoms with Crippen LogP contribution in [0.3, 0.4) is 0 Å². The zero-order chi connectivity index (χ0) is 18.7. The van der Waals surface area contributed by atoms with Gasteiger partial charge >= 0.3 is 0 Å². The summed E-state index contributed by atoms with van der Waals surface area (Å²) in [6.45, 7) is 1.63. The van der Waals surface area contributed by atoms with E-state index in [2.05, 4.69) is 9.71 Å². The number of aryl methyl sites for hydroxylation is 1. The molecule has 0 saturated heterocycles. The van der Waals surface area contributed by atoms with Crippen molar-refractivity contribution in [2.24, 2.45) is 7.05 Å². The Morgan fingerprint density at radius 1 is 1.04 bits per heavy atom. The number of aromatic nitrogens is 2. The summed E-state index contributed by atoms with van der Waals surface area (Å²) in [4.78, 5) is 4.45. The van der Waals surface area contributed by atoms with Gasteiger partial charge in [-0.2, -0.15) is 4.72 Å². The van der Waals surface area contributed by atoms with E-state index in [0.717, 1.165) is 5.56 Å².